The first kappa shape index (κ1) is 14.9. The number of nitrogens with two attached hydrogens (primary N) is 1. The second-order valence-corrected chi connectivity index (χ2v) is 5.98. The minimum Gasteiger partial charge on any atom is -0.391 e. The molecule has 1 saturated heterocycles. The van der Waals surface area contributed by atoms with E-state index in [1.165, 1.54) is 0 Å². The van der Waals surface area contributed by atoms with Gasteiger partial charge in [-0.1, -0.05) is 42.5 Å². The van der Waals surface area contributed by atoms with Gasteiger partial charge in [0.05, 0.1) is 18.6 Å². The summed E-state index contributed by atoms with van der Waals surface area (Å²) in [5.41, 5.74) is 6.05. The van der Waals surface area contributed by atoms with E-state index in [9.17, 15) is 4.79 Å². The van der Waals surface area contributed by atoms with Crippen LogP contribution in [0.2, 0.25) is 0 Å². The number of ether oxygens (including phenoxy) is 1. The summed E-state index contributed by atoms with van der Waals surface area (Å²) < 4.78 is 5.48. The number of morpholine rings is 1. The molecule has 1 fully saturated rings. The van der Waals surface area contributed by atoms with Crippen LogP contribution in [0.25, 0.3) is 0 Å². The van der Waals surface area contributed by atoms with Crippen molar-refractivity contribution < 1.29 is 9.53 Å². The van der Waals surface area contributed by atoms with E-state index in [-0.39, 0.29) is 12.0 Å². The van der Waals surface area contributed by atoms with Crippen LogP contribution in [0.15, 0.2) is 30.3 Å². The summed E-state index contributed by atoms with van der Waals surface area (Å²) in [6.45, 7) is 5.36. The Labute approximate surface area is 124 Å². The van der Waals surface area contributed by atoms with Gasteiger partial charge in [-0.3, -0.25) is 4.79 Å². The highest BCUT2D eigenvalue weighted by atomic mass is 32.1. The summed E-state index contributed by atoms with van der Waals surface area (Å²) in [5, 5.41) is 0. The standard InChI is InChI=1S/C15H20N2O2S/c1-15(2,11-6-4-3-5-7-11)14(18)17-8-9-19-12(10-17)13(16)20/h3-7,12H,8-10H2,1-2H3,(H2,16,20). The van der Waals surface area contributed by atoms with Crippen molar-refractivity contribution in [2.45, 2.75) is 25.4 Å². The Balaban J connectivity index is 2.16. The summed E-state index contributed by atoms with van der Waals surface area (Å²) >= 11 is 4.96. The van der Waals surface area contributed by atoms with Gasteiger partial charge < -0.3 is 15.4 Å². The highest BCUT2D eigenvalue weighted by Gasteiger charge is 2.36. The molecular weight excluding hydrogens is 272 g/mol. The molecule has 1 aromatic carbocycles. The topological polar surface area (TPSA) is 55.6 Å². The molecule has 1 atom stereocenters. The van der Waals surface area contributed by atoms with Crippen molar-refractivity contribution in [2.24, 2.45) is 5.73 Å². The van der Waals surface area contributed by atoms with Crippen LogP contribution in [0.4, 0.5) is 0 Å². The molecule has 0 aliphatic carbocycles. The summed E-state index contributed by atoms with van der Waals surface area (Å²) in [5.74, 6) is 0.0771. The van der Waals surface area contributed by atoms with E-state index in [1.807, 2.05) is 44.2 Å². The number of benzene rings is 1. The predicted octanol–water partition coefficient (Wildman–Crippen LogP) is 1.48. The monoisotopic (exact) mass is 292 g/mol. The average molecular weight is 292 g/mol. The summed E-state index contributed by atoms with van der Waals surface area (Å²) in [6, 6.07) is 9.79. The summed E-state index contributed by atoms with van der Waals surface area (Å²) in [6.07, 6.45) is -0.339. The second kappa shape index (κ2) is 5.89. The lowest BCUT2D eigenvalue weighted by molar-refractivity contribution is -0.141. The van der Waals surface area contributed by atoms with Gasteiger partial charge in [0, 0.05) is 6.54 Å². The molecule has 1 aromatic rings. The third-order valence-corrected chi connectivity index (χ3v) is 3.96. The Kier molecular flexibility index (Phi) is 4.40. The van der Waals surface area contributed by atoms with Gasteiger partial charge in [-0.15, -0.1) is 0 Å². The van der Waals surface area contributed by atoms with Crippen LogP contribution in [0.3, 0.4) is 0 Å². The van der Waals surface area contributed by atoms with Gasteiger partial charge in [0.15, 0.2) is 0 Å². The normalized spacial score (nSPS) is 19.7. The molecule has 0 spiro atoms. The number of rotatable bonds is 3. The first-order valence-corrected chi connectivity index (χ1v) is 7.09. The smallest absolute Gasteiger partial charge is 0.232 e. The Hall–Kier alpha value is -1.46. The SMILES string of the molecule is CC(C)(C(=O)N1CCOC(C(N)=S)C1)c1ccccc1. The number of carbonyl (C=O) groups is 1. The Morgan fingerprint density at radius 1 is 1.40 bits per heavy atom. The molecule has 20 heavy (non-hydrogen) atoms. The average Bonchev–Trinajstić information content (AvgIpc) is 2.47. The van der Waals surface area contributed by atoms with Crippen LogP contribution in [0.5, 0.6) is 0 Å². The van der Waals surface area contributed by atoms with E-state index >= 15 is 0 Å². The molecule has 1 aliphatic rings. The van der Waals surface area contributed by atoms with Gasteiger partial charge in [0.25, 0.3) is 0 Å². The van der Waals surface area contributed by atoms with Crippen LogP contribution in [-0.2, 0) is 14.9 Å². The van der Waals surface area contributed by atoms with E-state index in [2.05, 4.69) is 0 Å². The van der Waals surface area contributed by atoms with Gasteiger partial charge in [0.2, 0.25) is 5.91 Å². The lowest BCUT2D eigenvalue weighted by atomic mass is 9.83. The minimum atomic E-state index is -0.570. The van der Waals surface area contributed by atoms with E-state index in [4.69, 9.17) is 22.7 Å². The molecule has 4 nitrogen and oxygen atoms in total. The zero-order valence-corrected chi connectivity index (χ0v) is 12.7. The quantitative estimate of drug-likeness (QED) is 0.857. The summed E-state index contributed by atoms with van der Waals surface area (Å²) in [4.78, 5) is 14.9. The maximum absolute atomic E-state index is 12.8. The maximum Gasteiger partial charge on any atom is 0.232 e. The summed E-state index contributed by atoms with van der Waals surface area (Å²) in [7, 11) is 0. The van der Waals surface area contributed by atoms with E-state index < -0.39 is 5.41 Å². The van der Waals surface area contributed by atoms with Crippen LogP contribution in [-0.4, -0.2) is 41.6 Å². The first-order chi connectivity index (χ1) is 9.43. The number of carbonyl (C=O) groups excluding carboxylic acids is 1. The predicted molar refractivity (Wildman–Crippen MR) is 82.6 cm³/mol. The van der Waals surface area contributed by atoms with Crippen LogP contribution in [0, 0.1) is 0 Å². The molecule has 1 heterocycles. The van der Waals surface area contributed by atoms with Crippen molar-refractivity contribution in [3.05, 3.63) is 35.9 Å². The lowest BCUT2D eigenvalue weighted by Gasteiger charge is -2.37. The van der Waals surface area contributed by atoms with Crippen LogP contribution >= 0.6 is 12.2 Å². The number of hydrogen-bond donors (Lipinski definition) is 1. The third-order valence-electron chi connectivity index (χ3n) is 3.70. The molecule has 1 aliphatic heterocycles. The zero-order chi connectivity index (χ0) is 14.8. The molecule has 0 radical (unpaired) electrons. The highest BCUT2D eigenvalue weighted by molar-refractivity contribution is 7.80. The molecule has 0 aromatic heterocycles. The van der Waals surface area contributed by atoms with Crippen molar-refractivity contribution in [3.8, 4) is 0 Å². The zero-order valence-electron chi connectivity index (χ0n) is 11.8. The van der Waals surface area contributed by atoms with Crippen molar-refractivity contribution >= 4 is 23.1 Å². The van der Waals surface area contributed by atoms with Gasteiger partial charge in [0.1, 0.15) is 11.1 Å². The molecule has 1 amide bonds. The van der Waals surface area contributed by atoms with Gasteiger partial charge in [-0.25, -0.2) is 0 Å². The van der Waals surface area contributed by atoms with Crippen molar-refractivity contribution in [1.82, 2.24) is 4.90 Å². The van der Waals surface area contributed by atoms with Crippen molar-refractivity contribution in [2.75, 3.05) is 19.7 Å². The van der Waals surface area contributed by atoms with E-state index in [0.29, 0.717) is 24.7 Å². The Morgan fingerprint density at radius 2 is 2.05 bits per heavy atom. The number of amides is 1. The Morgan fingerprint density at radius 3 is 2.65 bits per heavy atom. The molecule has 2 rings (SSSR count). The van der Waals surface area contributed by atoms with E-state index in [1.54, 1.807) is 4.90 Å². The third kappa shape index (κ3) is 2.99. The van der Waals surface area contributed by atoms with Gasteiger partial charge in [-0.2, -0.15) is 0 Å². The number of hydrogen-bond acceptors (Lipinski definition) is 3. The molecule has 2 N–H and O–H groups in total. The molecule has 5 heteroatoms. The molecular formula is C15H20N2O2S. The molecule has 0 bridgehead atoms. The number of thiocarbonyl (C=S) groups is 1. The highest BCUT2D eigenvalue weighted by Crippen LogP contribution is 2.26. The fraction of sp³-hybridized carbons (Fsp3) is 0.467. The van der Waals surface area contributed by atoms with Crippen molar-refractivity contribution in [3.63, 3.8) is 0 Å². The number of nitrogens with zero attached hydrogens (tertiary/aromatic N) is 1. The maximum atomic E-state index is 12.8. The van der Waals surface area contributed by atoms with Gasteiger partial charge >= 0.3 is 0 Å². The van der Waals surface area contributed by atoms with Crippen LogP contribution < -0.4 is 5.73 Å². The fourth-order valence-electron chi connectivity index (χ4n) is 2.38. The van der Waals surface area contributed by atoms with Crippen molar-refractivity contribution in [1.29, 1.82) is 0 Å². The minimum absolute atomic E-state index is 0.0771. The molecule has 1 unspecified atom stereocenters. The fourth-order valence-corrected chi connectivity index (χ4v) is 2.52. The van der Waals surface area contributed by atoms with E-state index in [0.717, 1.165) is 5.56 Å². The Bertz CT molecular complexity index is 502. The largest absolute Gasteiger partial charge is 0.391 e. The second-order valence-electron chi connectivity index (χ2n) is 5.50. The van der Waals surface area contributed by atoms with Gasteiger partial charge in [-0.05, 0) is 19.4 Å². The van der Waals surface area contributed by atoms with Crippen LogP contribution in [0.1, 0.15) is 19.4 Å². The first-order valence-electron chi connectivity index (χ1n) is 6.68. The molecule has 108 valence electrons. The lowest BCUT2D eigenvalue weighted by Crippen LogP contribution is -2.54. The molecule has 0 saturated carbocycles.